The van der Waals surface area contributed by atoms with Crippen LogP contribution in [0.25, 0.3) is 0 Å². The number of rotatable bonds is 4. The Hall–Kier alpha value is -1.25. The van der Waals surface area contributed by atoms with E-state index in [-0.39, 0.29) is 0 Å². The quantitative estimate of drug-likeness (QED) is 0.846. The Morgan fingerprint density at radius 1 is 1.44 bits per heavy atom. The van der Waals surface area contributed by atoms with Gasteiger partial charge in [-0.15, -0.1) is 0 Å². The lowest BCUT2D eigenvalue weighted by atomic mass is 10.1. The molecule has 1 aromatic rings. The number of nitrogens with one attached hydrogen (secondary N) is 1. The average molecular weight is 220 g/mol. The first-order valence-corrected chi connectivity index (χ1v) is 6.16. The average Bonchev–Trinajstić information content (AvgIpc) is 2.66. The van der Waals surface area contributed by atoms with Gasteiger partial charge >= 0.3 is 0 Å². The van der Waals surface area contributed by atoms with Crippen LogP contribution < -0.4 is 10.1 Å². The normalized spacial score (nSPS) is 24.4. The van der Waals surface area contributed by atoms with Crippen LogP contribution in [0.3, 0.4) is 0 Å². The van der Waals surface area contributed by atoms with Crippen molar-refractivity contribution >= 4 is 5.82 Å². The van der Waals surface area contributed by atoms with E-state index in [1.807, 2.05) is 25.1 Å². The standard InChI is InChI=1S/C13H20N2O/c1-3-16-13-9-5-8-12(15-13)14-11-7-4-6-10(11)2/h5,8-11H,3-4,6-7H2,1-2H3,(H,14,15). The second kappa shape index (κ2) is 5.19. The third-order valence-electron chi connectivity index (χ3n) is 3.21. The van der Waals surface area contributed by atoms with Gasteiger partial charge in [0.25, 0.3) is 0 Å². The number of hydrogen-bond acceptors (Lipinski definition) is 3. The minimum absolute atomic E-state index is 0.573. The van der Waals surface area contributed by atoms with Gasteiger partial charge in [-0.1, -0.05) is 19.4 Å². The van der Waals surface area contributed by atoms with Crippen molar-refractivity contribution in [1.82, 2.24) is 4.98 Å². The van der Waals surface area contributed by atoms with Gasteiger partial charge in [-0.05, 0) is 31.7 Å². The monoisotopic (exact) mass is 220 g/mol. The van der Waals surface area contributed by atoms with E-state index in [0.29, 0.717) is 18.5 Å². The second-order valence-corrected chi connectivity index (χ2v) is 4.45. The van der Waals surface area contributed by atoms with E-state index >= 15 is 0 Å². The highest BCUT2D eigenvalue weighted by molar-refractivity contribution is 5.38. The highest BCUT2D eigenvalue weighted by atomic mass is 16.5. The largest absolute Gasteiger partial charge is 0.478 e. The van der Waals surface area contributed by atoms with Gasteiger partial charge in [0.05, 0.1) is 6.61 Å². The van der Waals surface area contributed by atoms with Crippen molar-refractivity contribution in [2.45, 2.75) is 39.2 Å². The fourth-order valence-corrected chi connectivity index (χ4v) is 2.27. The van der Waals surface area contributed by atoms with Crippen molar-refractivity contribution in [1.29, 1.82) is 0 Å². The molecule has 1 aromatic heterocycles. The molecule has 2 rings (SSSR count). The zero-order chi connectivity index (χ0) is 11.4. The maximum atomic E-state index is 5.39. The molecule has 0 saturated heterocycles. The van der Waals surface area contributed by atoms with Gasteiger partial charge in [0.2, 0.25) is 5.88 Å². The molecule has 16 heavy (non-hydrogen) atoms. The van der Waals surface area contributed by atoms with Gasteiger partial charge in [0, 0.05) is 12.1 Å². The molecular formula is C13H20N2O. The Labute approximate surface area is 97.2 Å². The Kier molecular flexibility index (Phi) is 3.65. The van der Waals surface area contributed by atoms with E-state index in [9.17, 15) is 0 Å². The van der Waals surface area contributed by atoms with Crippen LogP contribution in [0.1, 0.15) is 33.1 Å². The molecule has 1 heterocycles. The number of anilines is 1. The minimum Gasteiger partial charge on any atom is -0.478 e. The van der Waals surface area contributed by atoms with Crippen molar-refractivity contribution in [3.63, 3.8) is 0 Å². The summed E-state index contributed by atoms with van der Waals surface area (Å²) in [7, 11) is 0. The number of hydrogen-bond donors (Lipinski definition) is 1. The molecule has 1 saturated carbocycles. The summed E-state index contributed by atoms with van der Waals surface area (Å²) in [5, 5.41) is 3.50. The first-order valence-electron chi connectivity index (χ1n) is 6.16. The van der Waals surface area contributed by atoms with Crippen LogP contribution >= 0.6 is 0 Å². The number of pyridine rings is 1. The van der Waals surface area contributed by atoms with Gasteiger partial charge in [-0.25, -0.2) is 0 Å². The van der Waals surface area contributed by atoms with Crippen LogP contribution in [0.5, 0.6) is 5.88 Å². The van der Waals surface area contributed by atoms with Crippen LogP contribution in [0, 0.1) is 5.92 Å². The van der Waals surface area contributed by atoms with Crippen molar-refractivity contribution in [3.05, 3.63) is 18.2 Å². The van der Waals surface area contributed by atoms with Crippen molar-refractivity contribution in [2.75, 3.05) is 11.9 Å². The van der Waals surface area contributed by atoms with Crippen LogP contribution in [0.15, 0.2) is 18.2 Å². The van der Waals surface area contributed by atoms with Crippen molar-refractivity contribution < 1.29 is 4.74 Å². The van der Waals surface area contributed by atoms with Gasteiger partial charge in [0.1, 0.15) is 5.82 Å². The third kappa shape index (κ3) is 2.65. The van der Waals surface area contributed by atoms with E-state index in [0.717, 1.165) is 11.7 Å². The number of nitrogens with zero attached hydrogens (tertiary/aromatic N) is 1. The third-order valence-corrected chi connectivity index (χ3v) is 3.21. The van der Waals surface area contributed by atoms with Crippen LogP contribution in [-0.4, -0.2) is 17.6 Å². The lowest BCUT2D eigenvalue weighted by Crippen LogP contribution is -2.22. The fourth-order valence-electron chi connectivity index (χ4n) is 2.27. The molecule has 88 valence electrons. The molecule has 1 aliphatic rings. The molecule has 1 aliphatic carbocycles. The second-order valence-electron chi connectivity index (χ2n) is 4.45. The molecule has 0 spiro atoms. The van der Waals surface area contributed by atoms with E-state index in [1.165, 1.54) is 19.3 Å². The highest BCUT2D eigenvalue weighted by Gasteiger charge is 2.23. The Balaban J connectivity index is 2.00. The molecule has 1 N–H and O–H groups in total. The first-order chi connectivity index (χ1) is 7.79. The topological polar surface area (TPSA) is 34.1 Å². The molecule has 1 fully saturated rings. The molecular weight excluding hydrogens is 200 g/mol. The van der Waals surface area contributed by atoms with Crippen LogP contribution in [-0.2, 0) is 0 Å². The maximum Gasteiger partial charge on any atom is 0.215 e. The summed E-state index contributed by atoms with van der Waals surface area (Å²) in [6.45, 7) is 4.94. The minimum atomic E-state index is 0.573. The van der Waals surface area contributed by atoms with Crippen LogP contribution in [0.4, 0.5) is 5.82 Å². The molecule has 3 nitrogen and oxygen atoms in total. The summed E-state index contributed by atoms with van der Waals surface area (Å²) in [6.07, 6.45) is 3.90. The molecule has 2 atom stereocenters. The van der Waals surface area contributed by atoms with Gasteiger partial charge in [0.15, 0.2) is 0 Å². The van der Waals surface area contributed by atoms with E-state index in [4.69, 9.17) is 4.74 Å². The van der Waals surface area contributed by atoms with E-state index in [1.54, 1.807) is 0 Å². The molecule has 2 unspecified atom stereocenters. The summed E-state index contributed by atoms with van der Waals surface area (Å²) >= 11 is 0. The zero-order valence-electron chi connectivity index (χ0n) is 10.1. The Morgan fingerprint density at radius 3 is 3.00 bits per heavy atom. The number of aromatic nitrogens is 1. The van der Waals surface area contributed by atoms with E-state index in [2.05, 4.69) is 17.2 Å². The SMILES string of the molecule is CCOc1cccc(NC2CCCC2C)n1. The fraction of sp³-hybridized carbons (Fsp3) is 0.615. The summed E-state index contributed by atoms with van der Waals surface area (Å²) in [5.74, 6) is 2.39. The lowest BCUT2D eigenvalue weighted by Gasteiger charge is -2.18. The molecule has 0 amide bonds. The van der Waals surface area contributed by atoms with Crippen LogP contribution in [0.2, 0.25) is 0 Å². The molecule has 0 radical (unpaired) electrons. The smallest absolute Gasteiger partial charge is 0.215 e. The molecule has 0 aliphatic heterocycles. The maximum absolute atomic E-state index is 5.39. The summed E-state index contributed by atoms with van der Waals surface area (Å²) in [6, 6.07) is 6.46. The van der Waals surface area contributed by atoms with E-state index < -0.39 is 0 Å². The lowest BCUT2D eigenvalue weighted by molar-refractivity contribution is 0.327. The van der Waals surface area contributed by atoms with Gasteiger partial charge in [-0.2, -0.15) is 4.98 Å². The van der Waals surface area contributed by atoms with Crippen molar-refractivity contribution in [3.8, 4) is 5.88 Å². The highest BCUT2D eigenvalue weighted by Crippen LogP contribution is 2.27. The molecule has 3 heteroatoms. The Morgan fingerprint density at radius 2 is 2.31 bits per heavy atom. The first kappa shape index (κ1) is 11.2. The predicted octanol–water partition coefficient (Wildman–Crippen LogP) is 3.08. The molecule has 0 aromatic carbocycles. The summed E-state index contributed by atoms with van der Waals surface area (Å²) in [4.78, 5) is 4.43. The summed E-state index contributed by atoms with van der Waals surface area (Å²) < 4.78 is 5.39. The van der Waals surface area contributed by atoms with Gasteiger partial charge < -0.3 is 10.1 Å². The molecule has 0 bridgehead atoms. The summed E-state index contributed by atoms with van der Waals surface area (Å²) in [5.41, 5.74) is 0. The predicted molar refractivity (Wildman–Crippen MR) is 65.8 cm³/mol. The number of ether oxygens (including phenoxy) is 1. The van der Waals surface area contributed by atoms with Gasteiger partial charge in [-0.3, -0.25) is 0 Å². The van der Waals surface area contributed by atoms with Crippen molar-refractivity contribution in [2.24, 2.45) is 5.92 Å². The Bertz CT molecular complexity index is 340. The zero-order valence-corrected chi connectivity index (χ0v) is 10.1.